The molecule has 0 atom stereocenters. The standard InChI is InChI=1S/C15H16N4S/c1-11-4-3-5-12(2)14(11)18-15(20)19-17-10-13-6-8-16-9-7-13/h3-10H,1-2H3,(H2,18,19,20)/b17-10-. The molecule has 0 spiro atoms. The minimum Gasteiger partial charge on any atom is -0.331 e. The zero-order chi connectivity index (χ0) is 14.4. The fourth-order valence-electron chi connectivity index (χ4n) is 1.77. The molecule has 4 nitrogen and oxygen atoms in total. The van der Waals surface area contributed by atoms with Crippen molar-refractivity contribution in [1.29, 1.82) is 0 Å². The molecule has 0 aliphatic carbocycles. The van der Waals surface area contributed by atoms with Crippen LogP contribution in [0.25, 0.3) is 0 Å². The van der Waals surface area contributed by atoms with Gasteiger partial charge >= 0.3 is 0 Å². The van der Waals surface area contributed by atoms with Gasteiger partial charge in [-0.2, -0.15) is 5.10 Å². The molecule has 0 aliphatic rings. The first-order valence-electron chi connectivity index (χ1n) is 6.23. The molecule has 0 radical (unpaired) electrons. The fourth-order valence-corrected chi connectivity index (χ4v) is 1.92. The number of benzene rings is 1. The zero-order valence-corrected chi connectivity index (χ0v) is 12.2. The number of rotatable bonds is 3. The molecule has 2 rings (SSSR count). The minimum absolute atomic E-state index is 0.465. The van der Waals surface area contributed by atoms with Gasteiger partial charge in [-0.25, -0.2) is 0 Å². The summed E-state index contributed by atoms with van der Waals surface area (Å²) in [7, 11) is 0. The molecule has 1 aromatic carbocycles. The van der Waals surface area contributed by atoms with Gasteiger partial charge in [-0.1, -0.05) is 18.2 Å². The maximum atomic E-state index is 5.22. The maximum absolute atomic E-state index is 5.22. The second-order valence-corrected chi connectivity index (χ2v) is 4.78. The highest BCUT2D eigenvalue weighted by Gasteiger charge is 2.03. The van der Waals surface area contributed by atoms with Crippen molar-refractivity contribution >= 4 is 29.2 Å². The lowest BCUT2D eigenvalue weighted by atomic mass is 10.1. The SMILES string of the molecule is Cc1cccc(C)c1NC(=S)N/N=C\c1ccncc1. The third kappa shape index (κ3) is 3.86. The molecule has 2 N–H and O–H groups in total. The molecule has 0 bridgehead atoms. The lowest BCUT2D eigenvalue weighted by molar-refractivity contribution is 1.05. The summed E-state index contributed by atoms with van der Waals surface area (Å²) < 4.78 is 0. The lowest BCUT2D eigenvalue weighted by Crippen LogP contribution is -2.24. The fraction of sp³-hybridized carbons (Fsp3) is 0.133. The number of hydrazone groups is 1. The van der Waals surface area contributed by atoms with E-state index in [0.29, 0.717) is 5.11 Å². The van der Waals surface area contributed by atoms with Crippen molar-refractivity contribution in [2.45, 2.75) is 13.8 Å². The van der Waals surface area contributed by atoms with E-state index in [-0.39, 0.29) is 0 Å². The maximum Gasteiger partial charge on any atom is 0.191 e. The molecule has 0 aliphatic heterocycles. The van der Waals surface area contributed by atoms with Gasteiger partial charge in [0.1, 0.15) is 0 Å². The average molecular weight is 284 g/mol. The second-order valence-electron chi connectivity index (χ2n) is 4.37. The zero-order valence-electron chi connectivity index (χ0n) is 11.4. The molecule has 0 fully saturated rings. The van der Waals surface area contributed by atoms with Crippen LogP contribution in [0.5, 0.6) is 0 Å². The van der Waals surface area contributed by atoms with Crippen LogP contribution in [-0.4, -0.2) is 16.3 Å². The van der Waals surface area contributed by atoms with Crippen molar-refractivity contribution in [2.24, 2.45) is 5.10 Å². The molecular weight excluding hydrogens is 268 g/mol. The normalized spacial score (nSPS) is 10.5. The summed E-state index contributed by atoms with van der Waals surface area (Å²) in [5, 5.41) is 7.71. The number of hydrogen-bond acceptors (Lipinski definition) is 3. The third-order valence-electron chi connectivity index (χ3n) is 2.81. The summed E-state index contributed by atoms with van der Waals surface area (Å²) in [6.07, 6.45) is 5.13. The van der Waals surface area contributed by atoms with Crippen LogP contribution in [0.3, 0.4) is 0 Å². The minimum atomic E-state index is 0.465. The van der Waals surface area contributed by atoms with Gasteiger partial charge in [-0.15, -0.1) is 0 Å². The van der Waals surface area contributed by atoms with E-state index >= 15 is 0 Å². The van der Waals surface area contributed by atoms with Crippen LogP contribution in [0.1, 0.15) is 16.7 Å². The Kier molecular flexibility index (Phi) is 4.79. The number of pyridine rings is 1. The van der Waals surface area contributed by atoms with Crippen molar-refractivity contribution < 1.29 is 0 Å². The van der Waals surface area contributed by atoms with E-state index in [1.54, 1.807) is 18.6 Å². The highest BCUT2D eigenvalue weighted by molar-refractivity contribution is 7.80. The molecule has 102 valence electrons. The van der Waals surface area contributed by atoms with Crippen LogP contribution in [0, 0.1) is 13.8 Å². The van der Waals surface area contributed by atoms with E-state index in [0.717, 1.165) is 22.4 Å². The molecule has 0 saturated carbocycles. The number of nitrogens with zero attached hydrogens (tertiary/aromatic N) is 2. The monoisotopic (exact) mass is 284 g/mol. The van der Waals surface area contributed by atoms with Crippen LogP contribution in [-0.2, 0) is 0 Å². The average Bonchev–Trinajstić information content (AvgIpc) is 2.44. The molecule has 1 aromatic heterocycles. The van der Waals surface area contributed by atoms with Gasteiger partial charge in [-0.3, -0.25) is 10.4 Å². The second kappa shape index (κ2) is 6.77. The molecule has 1 heterocycles. The van der Waals surface area contributed by atoms with Gasteiger partial charge in [-0.05, 0) is 54.9 Å². The number of thiocarbonyl (C=S) groups is 1. The van der Waals surface area contributed by atoms with Crippen LogP contribution in [0.4, 0.5) is 5.69 Å². The van der Waals surface area contributed by atoms with Gasteiger partial charge < -0.3 is 5.32 Å². The molecular formula is C15H16N4S. The lowest BCUT2D eigenvalue weighted by Gasteiger charge is -2.12. The van der Waals surface area contributed by atoms with E-state index in [9.17, 15) is 0 Å². The summed E-state index contributed by atoms with van der Waals surface area (Å²) >= 11 is 5.22. The Morgan fingerprint density at radius 2 is 1.80 bits per heavy atom. The third-order valence-corrected chi connectivity index (χ3v) is 3.00. The number of anilines is 1. The predicted molar refractivity (Wildman–Crippen MR) is 87.1 cm³/mol. The summed E-state index contributed by atoms with van der Waals surface area (Å²) in [6, 6.07) is 9.84. The van der Waals surface area contributed by atoms with Crippen LogP contribution in [0.15, 0.2) is 47.8 Å². The van der Waals surface area contributed by atoms with E-state index in [2.05, 4.69) is 20.8 Å². The van der Waals surface area contributed by atoms with Gasteiger partial charge in [0, 0.05) is 18.1 Å². The van der Waals surface area contributed by atoms with Crippen molar-refractivity contribution in [1.82, 2.24) is 10.4 Å². The molecule has 5 heteroatoms. The number of aromatic nitrogens is 1. The molecule has 0 amide bonds. The van der Waals surface area contributed by atoms with Crippen LogP contribution >= 0.6 is 12.2 Å². The first-order chi connectivity index (χ1) is 9.66. The summed E-state index contributed by atoms with van der Waals surface area (Å²) in [6.45, 7) is 4.08. The van der Waals surface area contributed by atoms with Crippen LogP contribution < -0.4 is 10.7 Å². The Hall–Kier alpha value is -2.27. The first-order valence-corrected chi connectivity index (χ1v) is 6.64. The smallest absolute Gasteiger partial charge is 0.191 e. The predicted octanol–water partition coefficient (Wildman–Crippen LogP) is 3.02. The topological polar surface area (TPSA) is 49.3 Å². The summed E-state index contributed by atoms with van der Waals surface area (Å²) in [4.78, 5) is 3.94. The molecule has 0 unspecified atom stereocenters. The van der Waals surface area contributed by atoms with Gasteiger partial charge in [0.05, 0.1) is 6.21 Å². The van der Waals surface area contributed by atoms with Crippen LogP contribution in [0.2, 0.25) is 0 Å². The highest BCUT2D eigenvalue weighted by Crippen LogP contribution is 2.18. The van der Waals surface area contributed by atoms with Gasteiger partial charge in [0.25, 0.3) is 0 Å². The van der Waals surface area contributed by atoms with E-state index in [4.69, 9.17) is 12.2 Å². The van der Waals surface area contributed by atoms with Crippen molar-refractivity contribution in [3.63, 3.8) is 0 Å². The summed E-state index contributed by atoms with van der Waals surface area (Å²) in [5.74, 6) is 0. The van der Waals surface area contributed by atoms with E-state index in [1.165, 1.54) is 0 Å². The number of aryl methyl sites for hydroxylation is 2. The van der Waals surface area contributed by atoms with Crippen molar-refractivity contribution in [2.75, 3.05) is 5.32 Å². The number of nitrogens with one attached hydrogen (secondary N) is 2. The molecule has 20 heavy (non-hydrogen) atoms. The van der Waals surface area contributed by atoms with Gasteiger partial charge in [0.2, 0.25) is 0 Å². The Morgan fingerprint density at radius 3 is 2.45 bits per heavy atom. The first kappa shape index (κ1) is 14.1. The van der Waals surface area contributed by atoms with Crippen molar-refractivity contribution in [3.05, 3.63) is 59.4 Å². The van der Waals surface area contributed by atoms with Gasteiger partial charge in [0.15, 0.2) is 5.11 Å². The summed E-state index contributed by atoms with van der Waals surface area (Å²) in [5.41, 5.74) is 7.07. The quantitative estimate of drug-likeness (QED) is 0.517. The molecule has 2 aromatic rings. The Morgan fingerprint density at radius 1 is 1.15 bits per heavy atom. The number of hydrogen-bond donors (Lipinski definition) is 2. The van der Waals surface area contributed by atoms with E-state index < -0.39 is 0 Å². The largest absolute Gasteiger partial charge is 0.331 e. The Labute approximate surface area is 123 Å². The number of para-hydroxylation sites is 1. The van der Waals surface area contributed by atoms with Crippen molar-refractivity contribution in [3.8, 4) is 0 Å². The Bertz CT molecular complexity index is 603. The highest BCUT2D eigenvalue weighted by atomic mass is 32.1. The Balaban J connectivity index is 1.95. The molecule has 0 saturated heterocycles. The van der Waals surface area contributed by atoms with E-state index in [1.807, 2.05) is 44.2 Å².